The molecule has 1 aliphatic rings. The third-order valence-corrected chi connectivity index (χ3v) is 3.39. The maximum absolute atomic E-state index is 12.1. The van der Waals surface area contributed by atoms with E-state index in [1.54, 1.807) is 18.2 Å². The Kier molecular flexibility index (Phi) is 4.48. The van der Waals surface area contributed by atoms with Gasteiger partial charge in [-0.3, -0.25) is 0 Å². The van der Waals surface area contributed by atoms with Crippen molar-refractivity contribution >= 4 is 34.9 Å². The number of benzene rings is 1. The van der Waals surface area contributed by atoms with Crippen LogP contribution in [-0.4, -0.2) is 36.6 Å². The standard InChI is InChI=1S/C12H12Cl2N4O/c13-8-1-2-10(14)11(5-8)17-12(19)18-4-3-16-7-9(18)6-15/h1-2,5,9,16H,3-4,7H2,(H,17,19). The van der Waals surface area contributed by atoms with Gasteiger partial charge in [-0.05, 0) is 18.2 Å². The first-order valence-corrected chi connectivity index (χ1v) is 6.50. The van der Waals surface area contributed by atoms with Crippen LogP contribution in [0.4, 0.5) is 10.5 Å². The maximum Gasteiger partial charge on any atom is 0.323 e. The summed E-state index contributed by atoms with van der Waals surface area (Å²) in [7, 11) is 0. The van der Waals surface area contributed by atoms with Crippen LogP contribution in [-0.2, 0) is 0 Å². The second-order valence-electron chi connectivity index (χ2n) is 4.10. The highest BCUT2D eigenvalue weighted by molar-refractivity contribution is 6.35. The highest BCUT2D eigenvalue weighted by Gasteiger charge is 2.26. The molecule has 0 saturated carbocycles. The number of amides is 2. The molecule has 2 N–H and O–H groups in total. The number of carbonyl (C=O) groups is 1. The van der Waals surface area contributed by atoms with Crippen molar-refractivity contribution < 1.29 is 4.79 Å². The van der Waals surface area contributed by atoms with Crippen LogP contribution >= 0.6 is 23.2 Å². The van der Waals surface area contributed by atoms with Crippen molar-refractivity contribution in [3.63, 3.8) is 0 Å². The Morgan fingerprint density at radius 3 is 3.05 bits per heavy atom. The number of nitrogens with zero attached hydrogens (tertiary/aromatic N) is 2. The molecule has 0 spiro atoms. The lowest BCUT2D eigenvalue weighted by Gasteiger charge is -2.32. The molecule has 0 aliphatic carbocycles. The van der Waals surface area contributed by atoms with Crippen molar-refractivity contribution in [3.8, 4) is 6.07 Å². The van der Waals surface area contributed by atoms with Gasteiger partial charge in [0, 0.05) is 24.7 Å². The minimum absolute atomic E-state index is 0.350. The van der Waals surface area contributed by atoms with Crippen molar-refractivity contribution in [2.75, 3.05) is 25.0 Å². The molecular formula is C12H12Cl2N4O. The van der Waals surface area contributed by atoms with E-state index in [0.717, 1.165) is 0 Å². The van der Waals surface area contributed by atoms with E-state index in [0.29, 0.717) is 35.4 Å². The fourth-order valence-corrected chi connectivity index (χ4v) is 2.18. The molecule has 1 aromatic rings. The van der Waals surface area contributed by atoms with Gasteiger partial charge in [0.25, 0.3) is 0 Å². The summed E-state index contributed by atoms with van der Waals surface area (Å²) in [6, 6.07) is 6.09. The monoisotopic (exact) mass is 298 g/mol. The molecule has 0 radical (unpaired) electrons. The molecule has 100 valence electrons. The Morgan fingerprint density at radius 2 is 2.32 bits per heavy atom. The summed E-state index contributed by atoms with van der Waals surface area (Å²) in [5.41, 5.74) is 0.439. The highest BCUT2D eigenvalue weighted by atomic mass is 35.5. The lowest BCUT2D eigenvalue weighted by atomic mass is 10.2. The number of anilines is 1. The molecule has 1 aromatic carbocycles. The predicted molar refractivity (Wildman–Crippen MR) is 74.5 cm³/mol. The number of piperazine rings is 1. The van der Waals surface area contributed by atoms with Crippen LogP contribution in [0, 0.1) is 11.3 Å². The third-order valence-electron chi connectivity index (χ3n) is 2.82. The average molecular weight is 299 g/mol. The molecule has 7 heteroatoms. The van der Waals surface area contributed by atoms with Gasteiger partial charge in [-0.25, -0.2) is 4.79 Å². The fraction of sp³-hybridized carbons (Fsp3) is 0.333. The van der Waals surface area contributed by atoms with Crippen LogP contribution in [0.1, 0.15) is 0 Å². The second-order valence-corrected chi connectivity index (χ2v) is 4.94. The Labute approximate surface area is 121 Å². The quantitative estimate of drug-likeness (QED) is 0.836. The molecule has 1 aliphatic heterocycles. The molecule has 1 unspecified atom stereocenters. The number of rotatable bonds is 1. The van der Waals surface area contributed by atoms with Gasteiger partial charge < -0.3 is 15.5 Å². The van der Waals surface area contributed by atoms with E-state index < -0.39 is 6.04 Å². The molecular weight excluding hydrogens is 287 g/mol. The van der Waals surface area contributed by atoms with Crippen LogP contribution in [0.2, 0.25) is 10.0 Å². The van der Waals surface area contributed by atoms with E-state index in [9.17, 15) is 4.79 Å². The molecule has 0 bridgehead atoms. The minimum Gasteiger partial charge on any atom is -0.312 e. The third kappa shape index (κ3) is 3.29. The summed E-state index contributed by atoms with van der Waals surface area (Å²) in [6.45, 7) is 1.60. The summed E-state index contributed by atoms with van der Waals surface area (Å²) in [5.74, 6) is 0. The molecule has 1 fully saturated rings. The van der Waals surface area contributed by atoms with E-state index in [2.05, 4.69) is 16.7 Å². The normalized spacial score (nSPS) is 18.8. The van der Waals surface area contributed by atoms with Crippen LogP contribution in [0.3, 0.4) is 0 Å². The van der Waals surface area contributed by atoms with E-state index in [4.69, 9.17) is 28.5 Å². The largest absolute Gasteiger partial charge is 0.323 e. The molecule has 19 heavy (non-hydrogen) atoms. The first-order valence-electron chi connectivity index (χ1n) is 5.75. The summed E-state index contributed by atoms with van der Waals surface area (Å²) in [6.07, 6.45) is 0. The number of nitriles is 1. The van der Waals surface area contributed by atoms with E-state index in [1.165, 1.54) is 4.90 Å². The second kappa shape index (κ2) is 6.11. The summed E-state index contributed by atoms with van der Waals surface area (Å²) in [5, 5.41) is 15.6. The minimum atomic E-state index is -0.480. The van der Waals surface area contributed by atoms with Gasteiger partial charge in [-0.15, -0.1) is 0 Å². The summed E-state index contributed by atoms with van der Waals surface area (Å²) in [4.78, 5) is 13.6. The van der Waals surface area contributed by atoms with Crippen LogP contribution in [0.25, 0.3) is 0 Å². The highest BCUT2D eigenvalue weighted by Crippen LogP contribution is 2.25. The van der Waals surface area contributed by atoms with Gasteiger partial charge in [0.05, 0.1) is 16.8 Å². The van der Waals surface area contributed by atoms with Crippen molar-refractivity contribution in [2.24, 2.45) is 0 Å². The number of hydrogen-bond acceptors (Lipinski definition) is 3. The first-order chi connectivity index (χ1) is 9.11. The van der Waals surface area contributed by atoms with Crippen molar-refractivity contribution in [2.45, 2.75) is 6.04 Å². The van der Waals surface area contributed by atoms with Gasteiger partial charge >= 0.3 is 6.03 Å². The van der Waals surface area contributed by atoms with Gasteiger partial charge in [0.15, 0.2) is 0 Å². The van der Waals surface area contributed by atoms with Crippen molar-refractivity contribution in [1.29, 1.82) is 5.26 Å². The molecule has 2 amide bonds. The lowest BCUT2D eigenvalue weighted by Crippen LogP contribution is -2.54. The van der Waals surface area contributed by atoms with Crippen molar-refractivity contribution in [3.05, 3.63) is 28.2 Å². The van der Waals surface area contributed by atoms with Crippen LogP contribution in [0.15, 0.2) is 18.2 Å². The lowest BCUT2D eigenvalue weighted by molar-refractivity contribution is 0.188. The van der Waals surface area contributed by atoms with Crippen LogP contribution < -0.4 is 10.6 Å². The number of urea groups is 1. The van der Waals surface area contributed by atoms with Gasteiger partial charge in [-0.2, -0.15) is 5.26 Å². The smallest absolute Gasteiger partial charge is 0.312 e. The fourth-order valence-electron chi connectivity index (χ4n) is 1.84. The van der Waals surface area contributed by atoms with Gasteiger partial charge in [-0.1, -0.05) is 23.2 Å². The first kappa shape index (κ1) is 13.9. The van der Waals surface area contributed by atoms with Crippen molar-refractivity contribution in [1.82, 2.24) is 10.2 Å². The zero-order valence-electron chi connectivity index (χ0n) is 9.99. The summed E-state index contributed by atoms with van der Waals surface area (Å²) < 4.78 is 0. The number of nitrogens with one attached hydrogen (secondary N) is 2. The zero-order valence-corrected chi connectivity index (χ0v) is 11.5. The van der Waals surface area contributed by atoms with E-state index in [-0.39, 0.29) is 6.03 Å². The topological polar surface area (TPSA) is 68.2 Å². The van der Waals surface area contributed by atoms with E-state index in [1.807, 2.05) is 0 Å². The number of halogens is 2. The Balaban J connectivity index is 2.12. The number of hydrogen-bond donors (Lipinski definition) is 2. The molecule has 0 aromatic heterocycles. The Bertz CT molecular complexity index is 529. The molecule has 2 rings (SSSR count). The van der Waals surface area contributed by atoms with E-state index >= 15 is 0 Å². The average Bonchev–Trinajstić information content (AvgIpc) is 2.42. The predicted octanol–water partition coefficient (Wildman–Crippen LogP) is 2.32. The zero-order chi connectivity index (χ0) is 13.8. The molecule has 1 atom stereocenters. The molecule has 1 saturated heterocycles. The summed E-state index contributed by atoms with van der Waals surface area (Å²) >= 11 is 11.8. The molecule has 1 heterocycles. The maximum atomic E-state index is 12.1. The number of carbonyl (C=O) groups excluding carboxylic acids is 1. The Morgan fingerprint density at radius 1 is 1.53 bits per heavy atom. The molecule has 5 nitrogen and oxygen atoms in total. The Hall–Kier alpha value is -1.48. The van der Waals surface area contributed by atoms with Crippen LogP contribution in [0.5, 0.6) is 0 Å². The van der Waals surface area contributed by atoms with Gasteiger partial charge in [0.2, 0.25) is 0 Å². The van der Waals surface area contributed by atoms with Gasteiger partial charge in [0.1, 0.15) is 6.04 Å². The SMILES string of the molecule is N#CC1CNCCN1C(=O)Nc1cc(Cl)ccc1Cl.